The van der Waals surface area contributed by atoms with Gasteiger partial charge in [0.1, 0.15) is 23.7 Å². The van der Waals surface area contributed by atoms with Crippen LogP contribution in [0, 0.1) is 11.6 Å². The number of amides is 1. The smallest absolute Gasteiger partial charge is 0.386 e. The third-order valence-corrected chi connectivity index (χ3v) is 6.42. The van der Waals surface area contributed by atoms with Crippen LogP contribution in [0.2, 0.25) is 0 Å². The molecule has 1 amide bonds. The Kier molecular flexibility index (Phi) is 7.93. The number of benzene rings is 4. The molecule has 0 aliphatic heterocycles. The van der Waals surface area contributed by atoms with Gasteiger partial charge in [0.2, 0.25) is 0 Å². The first-order valence-corrected chi connectivity index (χ1v) is 12.7. The predicted octanol–water partition coefficient (Wildman–Crippen LogP) is 4.85. The van der Waals surface area contributed by atoms with Crippen LogP contribution in [0.25, 0.3) is 5.69 Å². The van der Waals surface area contributed by atoms with Crippen molar-refractivity contribution < 1.29 is 27.8 Å². The molecule has 0 aliphatic carbocycles. The fourth-order valence-corrected chi connectivity index (χ4v) is 4.18. The molecule has 0 spiro atoms. The summed E-state index contributed by atoms with van der Waals surface area (Å²) >= 11 is 0. The van der Waals surface area contributed by atoms with Gasteiger partial charge in [-0.25, -0.2) is 23.2 Å². The number of halogens is 2. The molecule has 0 bridgehead atoms. The van der Waals surface area contributed by atoms with E-state index in [-0.39, 0.29) is 23.6 Å². The van der Waals surface area contributed by atoms with Gasteiger partial charge in [0.15, 0.2) is 17.4 Å². The summed E-state index contributed by atoms with van der Waals surface area (Å²) in [5.41, 5.74) is -0.845. The standard InChI is InChI=1S/C28H20F2N5O5P/c29-21-12-7-13-22(30)25(21)33-27(37)34(32-31-33)28(38)35(41)23-15-14-19(16-24(23)40-20-10-5-2-6-11-20)26(36)39-17-18-8-3-1-4-9-18/h1-16H,17,41H2/p+1. The molecular weight excluding hydrogens is 555 g/mol. The van der Waals surface area contributed by atoms with Crippen molar-refractivity contribution in [1.29, 1.82) is 0 Å². The summed E-state index contributed by atoms with van der Waals surface area (Å²) in [6, 6.07) is 24.1. The molecule has 10 nitrogen and oxygen atoms in total. The van der Waals surface area contributed by atoms with E-state index >= 15 is 0 Å². The molecule has 13 heteroatoms. The van der Waals surface area contributed by atoms with Crippen molar-refractivity contribution in [3.63, 3.8) is 0 Å². The summed E-state index contributed by atoms with van der Waals surface area (Å²) in [5, 5.41) is 6.99. The highest BCUT2D eigenvalue weighted by molar-refractivity contribution is 7.21. The van der Waals surface area contributed by atoms with Crippen molar-refractivity contribution in [2.75, 3.05) is 4.67 Å². The molecular formula is C28H21F2N5O5P+. The number of carbonyl (C=O) groups is 2. The van der Waals surface area contributed by atoms with Gasteiger partial charge < -0.3 is 9.47 Å². The molecule has 0 radical (unpaired) electrons. The van der Waals surface area contributed by atoms with E-state index in [9.17, 15) is 23.2 Å². The monoisotopic (exact) mass is 576 g/mol. The van der Waals surface area contributed by atoms with Crippen LogP contribution in [0.4, 0.5) is 19.3 Å². The van der Waals surface area contributed by atoms with Crippen LogP contribution in [-0.4, -0.2) is 31.8 Å². The normalized spacial score (nSPS) is 10.8. The first kappa shape index (κ1) is 27.4. The molecule has 0 saturated carbocycles. The van der Waals surface area contributed by atoms with Gasteiger partial charge in [-0.3, -0.25) is 0 Å². The van der Waals surface area contributed by atoms with E-state index in [2.05, 4.69) is 10.4 Å². The zero-order chi connectivity index (χ0) is 28.9. The Bertz CT molecular complexity index is 1760. The van der Waals surface area contributed by atoms with Crippen LogP contribution in [0.15, 0.2) is 102 Å². The van der Waals surface area contributed by atoms with Crippen LogP contribution >= 0.6 is 9.39 Å². The maximum atomic E-state index is 14.2. The number of aromatic nitrogens is 4. The Hall–Kier alpha value is -5.22. The quantitative estimate of drug-likeness (QED) is 0.155. The van der Waals surface area contributed by atoms with Crippen molar-refractivity contribution in [3.8, 4) is 17.2 Å². The molecule has 1 heterocycles. The molecule has 41 heavy (non-hydrogen) atoms. The van der Waals surface area contributed by atoms with Crippen LogP contribution in [0.5, 0.6) is 11.5 Å². The van der Waals surface area contributed by atoms with E-state index in [1.807, 2.05) is 30.3 Å². The SMILES string of the molecule is O=C(OCc1ccccc1)c1ccc(N([PH3+])C(=O)n2nnn(-c3c(F)cccc3F)c2=O)c(Oc2ccccc2)c1. The minimum absolute atomic E-state index is 0.0528. The summed E-state index contributed by atoms with van der Waals surface area (Å²) in [6.45, 7) is 0.0528. The van der Waals surface area contributed by atoms with Crippen molar-refractivity contribution in [1.82, 2.24) is 19.8 Å². The fraction of sp³-hybridized carbons (Fsp3) is 0.0357. The third-order valence-electron chi connectivity index (χ3n) is 5.81. The molecule has 206 valence electrons. The fourth-order valence-electron chi connectivity index (χ4n) is 3.78. The molecule has 0 N–H and O–H groups in total. The van der Waals surface area contributed by atoms with Crippen molar-refractivity contribution in [2.45, 2.75) is 6.61 Å². The predicted molar refractivity (Wildman–Crippen MR) is 148 cm³/mol. The highest BCUT2D eigenvalue weighted by Gasteiger charge is 2.28. The Morgan fingerprint density at radius 3 is 2.20 bits per heavy atom. The van der Waals surface area contributed by atoms with Gasteiger partial charge in [-0.2, -0.15) is 9.35 Å². The molecule has 1 unspecified atom stereocenters. The second-order valence-corrected chi connectivity index (χ2v) is 9.16. The van der Waals surface area contributed by atoms with Gasteiger partial charge in [0.25, 0.3) is 0 Å². The van der Waals surface area contributed by atoms with Crippen LogP contribution in [0.1, 0.15) is 15.9 Å². The Balaban J connectivity index is 1.46. The highest BCUT2D eigenvalue weighted by Crippen LogP contribution is 2.35. The van der Waals surface area contributed by atoms with Crippen molar-refractivity contribution in [3.05, 3.63) is 130 Å². The largest absolute Gasteiger partial charge is 0.457 e. The lowest BCUT2D eigenvalue weighted by molar-refractivity contribution is 0.0472. The van der Waals surface area contributed by atoms with Crippen molar-refractivity contribution in [2.24, 2.45) is 0 Å². The van der Waals surface area contributed by atoms with Crippen molar-refractivity contribution >= 4 is 27.1 Å². The number of hydrogen-bond donors (Lipinski definition) is 0. The van der Waals surface area contributed by atoms with Gasteiger partial charge >= 0.3 is 17.7 Å². The van der Waals surface area contributed by atoms with E-state index in [0.717, 1.165) is 37.8 Å². The molecule has 5 aromatic rings. The number of ether oxygens (including phenoxy) is 2. The third kappa shape index (κ3) is 5.87. The Morgan fingerprint density at radius 2 is 1.51 bits per heavy atom. The van der Waals surface area contributed by atoms with Crippen LogP contribution < -0.4 is 15.1 Å². The number of para-hydroxylation sites is 2. The number of nitrogens with zero attached hydrogens (tertiary/aromatic N) is 5. The van der Waals surface area contributed by atoms with Crippen LogP contribution in [0.3, 0.4) is 0 Å². The van der Waals surface area contributed by atoms with E-state index in [1.165, 1.54) is 18.2 Å². The number of esters is 1. The first-order chi connectivity index (χ1) is 19.8. The van der Waals surface area contributed by atoms with Gasteiger partial charge in [0, 0.05) is 0 Å². The van der Waals surface area contributed by atoms with Gasteiger partial charge in [-0.15, -0.1) is 4.68 Å². The zero-order valence-electron chi connectivity index (χ0n) is 21.2. The lowest BCUT2D eigenvalue weighted by Crippen LogP contribution is -2.36. The molecule has 0 fully saturated rings. The van der Waals surface area contributed by atoms with E-state index in [1.54, 1.807) is 30.3 Å². The van der Waals surface area contributed by atoms with Gasteiger partial charge in [-0.05, 0) is 58.5 Å². The number of carbonyl (C=O) groups excluding carboxylic acids is 2. The average molecular weight is 576 g/mol. The zero-order valence-corrected chi connectivity index (χ0v) is 22.6. The molecule has 0 aliphatic rings. The highest BCUT2D eigenvalue weighted by atomic mass is 31.0. The number of anilines is 1. The summed E-state index contributed by atoms with van der Waals surface area (Å²) in [7, 11) is 1.07. The Labute approximate surface area is 233 Å². The molecule has 1 atom stereocenters. The Morgan fingerprint density at radius 1 is 0.854 bits per heavy atom. The lowest BCUT2D eigenvalue weighted by atomic mass is 10.2. The molecule has 5 rings (SSSR count). The number of tetrazole rings is 1. The minimum atomic E-state index is -1.19. The summed E-state index contributed by atoms with van der Waals surface area (Å²) in [4.78, 5) is 39.0. The number of hydrogen-bond acceptors (Lipinski definition) is 7. The average Bonchev–Trinajstić information content (AvgIpc) is 3.36. The summed E-state index contributed by atoms with van der Waals surface area (Å²) in [5.74, 6) is -2.24. The maximum absolute atomic E-state index is 14.2. The summed E-state index contributed by atoms with van der Waals surface area (Å²) in [6.07, 6.45) is 0. The first-order valence-electron chi connectivity index (χ1n) is 12.1. The molecule has 4 aromatic carbocycles. The molecule has 1 aromatic heterocycles. The van der Waals surface area contributed by atoms with Gasteiger partial charge in [-0.1, -0.05) is 54.6 Å². The van der Waals surface area contributed by atoms with Gasteiger partial charge in [0.05, 0.1) is 15.0 Å². The van der Waals surface area contributed by atoms with E-state index in [0.29, 0.717) is 15.1 Å². The van der Waals surface area contributed by atoms with Crippen LogP contribution in [-0.2, 0) is 11.3 Å². The lowest BCUT2D eigenvalue weighted by Gasteiger charge is -2.17. The molecule has 0 saturated heterocycles. The second kappa shape index (κ2) is 11.9. The van der Waals surface area contributed by atoms with E-state index < -0.39 is 35.0 Å². The maximum Gasteiger partial charge on any atom is 0.386 e. The second-order valence-electron chi connectivity index (χ2n) is 8.53. The minimum Gasteiger partial charge on any atom is -0.457 e. The number of rotatable bonds is 7. The summed E-state index contributed by atoms with van der Waals surface area (Å²) < 4.78 is 41.6. The topological polar surface area (TPSA) is 109 Å². The van der Waals surface area contributed by atoms with E-state index in [4.69, 9.17) is 9.47 Å².